The van der Waals surface area contributed by atoms with Crippen LogP contribution in [0.25, 0.3) is 11.4 Å². The average molecular weight is 385 g/mol. The molecule has 1 aromatic heterocycles. The van der Waals surface area contributed by atoms with Crippen molar-refractivity contribution >= 4 is 17.7 Å². The molecule has 7 heteroatoms. The zero-order valence-electron chi connectivity index (χ0n) is 15.4. The third-order valence-corrected chi connectivity index (χ3v) is 4.56. The highest BCUT2D eigenvalue weighted by Crippen LogP contribution is 2.22. The highest BCUT2D eigenvalue weighted by Gasteiger charge is 2.12. The number of aromatic amines is 1. The number of nitrogens with one attached hydrogen (secondary N) is 1. The second-order valence-corrected chi connectivity index (χ2v) is 6.53. The fourth-order valence-electron chi connectivity index (χ4n) is 2.37. The SMILES string of the molecule is CC.N[C@@H](Cc1cccc(CSc2n[nH]c(-c3ccccc3)n2)c1)C(=O)O. The van der Waals surface area contributed by atoms with Crippen LogP contribution in [0.3, 0.4) is 0 Å². The van der Waals surface area contributed by atoms with Gasteiger partial charge < -0.3 is 10.8 Å². The van der Waals surface area contributed by atoms with E-state index in [4.69, 9.17) is 10.8 Å². The summed E-state index contributed by atoms with van der Waals surface area (Å²) in [7, 11) is 0. The molecule has 0 amide bonds. The lowest BCUT2D eigenvalue weighted by Crippen LogP contribution is -2.32. The summed E-state index contributed by atoms with van der Waals surface area (Å²) in [6.07, 6.45) is 0.312. The Labute approximate surface area is 163 Å². The van der Waals surface area contributed by atoms with Gasteiger partial charge in [-0.15, -0.1) is 5.10 Å². The predicted octanol–water partition coefficient (Wildman–Crippen LogP) is 3.74. The van der Waals surface area contributed by atoms with Gasteiger partial charge in [-0.05, 0) is 17.5 Å². The van der Waals surface area contributed by atoms with Crippen LogP contribution in [-0.2, 0) is 17.0 Å². The molecule has 3 aromatic rings. The monoisotopic (exact) mass is 384 g/mol. The summed E-state index contributed by atoms with van der Waals surface area (Å²) < 4.78 is 0. The number of nitrogens with zero attached hydrogens (tertiary/aromatic N) is 2. The molecule has 142 valence electrons. The van der Waals surface area contributed by atoms with Crippen molar-refractivity contribution in [2.45, 2.75) is 37.2 Å². The van der Waals surface area contributed by atoms with Crippen LogP contribution in [0.1, 0.15) is 25.0 Å². The minimum atomic E-state index is -0.992. The van der Waals surface area contributed by atoms with Crippen molar-refractivity contribution in [1.29, 1.82) is 0 Å². The molecule has 0 bridgehead atoms. The zero-order chi connectivity index (χ0) is 19.6. The van der Waals surface area contributed by atoms with Crippen LogP contribution in [-0.4, -0.2) is 32.3 Å². The Bertz CT molecular complexity index is 852. The summed E-state index contributed by atoms with van der Waals surface area (Å²) in [5, 5.41) is 16.8. The fraction of sp³-hybridized carbons (Fsp3) is 0.250. The predicted molar refractivity (Wildman–Crippen MR) is 108 cm³/mol. The van der Waals surface area contributed by atoms with E-state index in [1.54, 1.807) is 0 Å². The maximum absolute atomic E-state index is 10.9. The van der Waals surface area contributed by atoms with Crippen LogP contribution in [0, 0.1) is 0 Å². The lowest BCUT2D eigenvalue weighted by atomic mass is 10.0. The third kappa shape index (κ3) is 6.23. The van der Waals surface area contributed by atoms with E-state index in [1.807, 2.05) is 68.4 Å². The summed E-state index contributed by atoms with van der Waals surface area (Å²) >= 11 is 1.52. The lowest BCUT2D eigenvalue weighted by molar-refractivity contribution is -0.138. The smallest absolute Gasteiger partial charge is 0.320 e. The highest BCUT2D eigenvalue weighted by atomic mass is 32.2. The number of carboxylic acids is 1. The first-order valence-electron chi connectivity index (χ1n) is 8.78. The molecule has 1 atom stereocenters. The van der Waals surface area contributed by atoms with Gasteiger partial charge in [0.25, 0.3) is 0 Å². The number of rotatable bonds is 7. The largest absolute Gasteiger partial charge is 0.480 e. The number of carbonyl (C=O) groups is 1. The summed E-state index contributed by atoms with van der Waals surface area (Å²) in [5.41, 5.74) is 8.57. The van der Waals surface area contributed by atoms with Gasteiger partial charge in [0, 0.05) is 11.3 Å². The molecular weight excluding hydrogens is 360 g/mol. The first-order valence-corrected chi connectivity index (χ1v) is 9.77. The first kappa shape index (κ1) is 20.7. The molecule has 3 rings (SSSR count). The van der Waals surface area contributed by atoms with E-state index in [0.717, 1.165) is 22.5 Å². The molecule has 0 radical (unpaired) electrons. The summed E-state index contributed by atoms with van der Waals surface area (Å²) in [6, 6.07) is 16.7. The van der Waals surface area contributed by atoms with Gasteiger partial charge in [-0.3, -0.25) is 9.89 Å². The number of H-pyrrole nitrogens is 1. The second kappa shape index (κ2) is 10.5. The van der Waals surface area contributed by atoms with Crippen LogP contribution >= 0.6 is 11.8 Å². The number of hydrogen-bond acceptors (Lipinski definition) is 5. The van der Waals surface area contributed by atoms with Crippen LogP contribution < -0.4 is 5.73 Å². The molecular formula is C20H24N4O2S. The van der Waals surface area contributed by atoms with E-state index in [-0.39, 0.29) is 0 Å². The molecule has 6 nitrogen and oxygen atoms in total. The van der Waals surface area contributed by atoms with Crippen LogP contribution in [0.5, 0.6) is 0 Å². The molecule has 0 aliphatic carbocycles. The molecule has 27 heavy (non-hydrogen) atoms. The molecule has 4 N–H and O–H groups in total. The van der Waals surface area contributed by atoms with E-state index in [9.17, 15) is 4.79 Å². The standard InChI is InChI=1S/C18H18N4O2S.C2H6/c19-15(17(23)24)10-12-5-4-6-13(9-12)11-25-18-20-16(21-22-18)14-7-2-1-3-8-14;1-2/h1-9,15H,10-11,19H2,(H,23,24)(H,20,21,22);1-2H3/t15-;/m0./s1. The molecule has 2 aromatic carbocycles. The summed E-state index contributed by atoms with van der Waals surface area (Å²) in [4.78, 5) is 15.4. The maximum Gasteiger partial charge on any atom is 0.320 e. The van der Waals surface area contributed by atoms with Gasteiger partial charge in [-0.1, -0.05) is 80.2 Å². The van der Waals surface area contributed by atoms with Gasteiger partial charge in [0.2, 0.25) is 5.16 Å². The molecule has 0 unspecified atom stereocenters. The zero-order valence-corrected chi connectivity index (χ0v) is 16.2. The number of carboxylic acid groups (broad SMARTS) is 1. The maximum atomic E-state index is 10.9. The second-order valence-electron chi connectivity index (χ2n) is 5.59. The molecule has 0 aliphatic rings. The number of hydrogen-bond donors (Lipinski definition) is 3. The summed E-state index contributed by atoms with van der Waals surface area (Å²) in [5.74, 6) is 0.445. The van der Waals surface area contributed by atoms with E-state index in [0.29, 0.717) is 17.3 Å². The van der Waals surface area contributed by atoms with Crippen LogP contribution in [0.2, 0.25) is 0 Å². The Kier molecular flexibility index (Phi) is 8.03. The van der Waals surface area contributed by atoms with E-state index >= 15 is 0 Å². The molecule has 1 heterocycles. The van der Waals surface area contributed by atoms with Gasteiger partial charge in [-0.2, -0.15) is 0 Å². The fourth-order valence-corrected chi connectivity index (χ4v) is 3.11. The number of aromatic nitrogens is 3. The Hall–Kier alpha value is -2.64. The van der Waals surface area contributed by atoms with Crippen molar-refractivity contribution in [3.8, 4) is 11.4 Å². The van der Waals surface area contributed by atoms with Gasteiger partial charge in [0.15, 0.2) is 5.82 Å². The normalized spacial score (nSPS) is 11.4. The molecule has 0 saturated carbocycles. The quantitative estimate of drug-likeness (QED) is 0.536. The third-order valence-electron chi connectivity index (χ3n) is 3.64. The van der Waals surface area contributed by atoms with Gasteiger partial charge >= 0.3 is 5.97 Å². The molecule has 0 aliphatic heterocycles. The topological polar surface area (TPSA) is 105 Å². The van der Waals surface area contributed by atoms with Gasteiger partial charge in [-0.25, -0.2) is 4.98 Å². The van der Waals surface area contributed by atoms with Crippen molar-refractivity contribution in [2.24, 2.45) is 5.73 Å². The van der Waals surface area contributed by atoms with Gasteiger partial charge in [0.05, 0.1) is 0 Å². The van der Waals surface area contributed by atoms with E-state index < -0.39 is 12.0 Å². The highest BCUT2D eigenvalue weighted by molar-refractivity contribution is 7.98. The number of nitrogens with two attached hydrogens (primary N) is 1. The van der Waals surface area contributed by atoms with Crippen LogP contribution in [0.15, 0.2) is 59.8 Å². The molecule has 0 spiro atoms. The average Bonchev–Trinajstić information content (AvgIpc) is 3.18. The number of aliphatic carboxylic acids is 1. The van der Waals surface area contributed by atoms with E-state index in [1.165, 1.54) is 11.8 Å². The number of benzene rings is 2. The van der Waals surface area contributed by atoms with Crippen molar-refractivity contribution in [3.63, 3.8) is 0 Å². The van der Waals surface area contributed by atoms with Crippen molar-refractivity contribution in [1.82, 2.24) is 15.2 Å². The van der Waals surface area contributed by atoms with Crippen molar-refractivity contribution in [2.75, 3.05) is 0 Å². The molecule has 0 fully saturated rings. The summed E-state index contributed by atoms with van der Waals surface area (Å²) in [6.45, 7) is 4.00. The van der Waals surface area contributed by atoms with Crippen molar-refractivity contribution < 1.29 is 9.90 Å². The van der Waals surface area contributed by atoms with Crippen molar-refractivity contribution in [3.05, 3.63) is 65.7 Å². The van der Waals surface area contributed by atoms with Crippen LogP contribution in [0.4, 0.5) is 0 Å². The Morgan fingerprint density at radius 3 is 2.56 bits per heavy atom. The minimum absolute atomic E-state index is 0.312. The van der Waals surface area contributed by atoms with Gasteiger partial charge in [0.1, 0.15) is 6.04 Å². The Balaban J connectivity index is 0.00000126. The first-order chi connectivity index (χ1) is 13.1. The minimum Gasteiger partial charge on any atom is -0.480 e. The molecule has 0 saturated heterocycles. The Morgan fingerprint density at radius 1 is 1.15 bits per heavy atom. The van der Waals surface area contributed by atoms with E-state index in [2.05, 4.69) is 15.2 Å². The lowest BCUT2D eigenvalue weighted by Gasteiger charge is -2.07. The Morgan fingerprint density at radius 2 is 1.85 bits per heavy atom. The number of thioether (sulfide) groups is 1.